The summed E-state index contributed by atoms with van der Waals surface area (Å²) in [7, 11) is 0. The third kappa shape index (κ3) is 3.59. The molecule has 0 saturated carbocycles. The van der Waals surface area contributed by atoms with Gasteiger partial charge in [-0.3, -0.25) is 15.6 Å². The Labute approximate surface area is 151 Å². The molecular formula is C18H20N6O2. The Morgan fingerprint density at radius 2 is 2.12 bits per heavy atom. The van der Waals surface area contributed by atoms with Gasteiger partial charge in [0, 0.05) is 12.2 Å². The molecule has 8 heteroatoms. The van der Waals surface area contributed by atoms with E-state index in [2.05, 4.69) is 26.9 Å². The molecule has 0 fully saturated rings. The highest BCUT2D eigenvalue weighted by atomic mass is 16.3. The normalized spacial score (nSPS) is 10.4. The lowest BCUT2D eigenvalue weighted by atomic mass is 10.2. The number of benzene rings is 1. The Hall–Kier alpha value is -3.55. The number of anilines is 4. The van der Waals surface area contributed by atoms with Gasteiger partial charge < -0.3 is 15.1 Å². The Kier molecular flexibility index (Phi) is 5.02. The van der Waals surface area contributed by atoms with Crippen molar-refractivity contribution in [2.24, 2.45) is 0 Å². The molecule has 4 N–H and O–H groups in total. The van der Waals surface area contributed by atoms with Crippen LogP contribution in [0, 0.1) is 6.92 Å². The maximum atomic E-state index is 12.0. The van der Waals surface area contributed by atoms with Gasteiger partial charge in [0.15, 0.2) is 17.4 Å². The van der Waals surface area contributed by atoms with E-state index in [1.165, 1.54) is 12.6 Å². The van der Waals surface area contributed by atoms with Crippen molar-refractivity contribution in [3.05, 3.63) is 60.3 Å². The zero-order chi connectivity index (χ0) is 18.5. The molecular weight excluding hydrogens is 332 g/mol. The predicted molar refractivity (Wildman–Crippen MR) is 100 cm³/mol. The van der Waals surface area contributed by atoms with Crippen molar-refractivity contribution >= 4 is 28.9 Å². The fourth-order valence-electron chi connectivity index (χ4n) is 2.54. The minimum atomic E-state index is -0.430. The number of amides is 1. The quantitative estimate of drug-likeness (QED) is 0.585. The molecule has 1 amide bonds. The molecule has 0 atom stereocenters. The van der Waals surface area contributed by atoms with Crippen molar-refractivity contribution < 1.29 is 9.21 Å². The van der Waals surface area contributed by atoms with Gasteiger partial charge in [-0.25, -0.2) is 9.97 Å². The van der Waals surface area contributed by atoms with Crippen LogP contribution >= 0.6 is 0 Å². The van der Waals surface area contributed by atoms with E-state index < -0.39 is 5.91 Å². The Morgan fingerprint density at radius 3 is 2.81 bits per heavy atom. The molecule has 3 rings (SSSR count). The molecule has 3 aromatic rings. The average molecular weight is 352 g/mol. The van der Waals surface area contributed by atoms with E-state index in [4.69, 9.17) is 10.2 Å². The van der Waals surface area contributed by atoms with Crippen LogP contribution in [-0.2, 0) is 0 Å². The second kappa shape index (κ2) is 7.56. The van der Waals surface area contributed by atoms with Crippen molar-refractivity contribution in [3.63, 3.8) is 0 Å². The molecule has 0 aliphatic heterocycles. The summed E-state index contributed by atoms with van der Waals surface area (Å²) < 4.78 is 5.04. The number of aromatic nitrogens is 2. The lowest BCUT2D eigenvalue weighted by Gasteiger charge is -2.24. The number of furan rings is 1. The SMILES string of the molecule is CCN(c1cccc(C)c1)c1ncnc(NNC(=O)c2ccco2)c1N. The van der Waals surface area contributed by atoms with Crippen LogP contribution in [0.4, 0.5) is 23.0 Å². The monoisotopic (exact) mass is 352 g/mol. The number of hydrogen-bond donors (Lipinski definition) is 3. The van der Waals surface area contributed by atoms with Crippen molar-refractivity contribution in [1.82, 2.24) is 15.4 Å². The van der Waals surface area contributed by atoms with Gasteiger partial charge in [0.25, 0.3) is 0 Å². The lowest BCUT2D eigenvalue weighted by molar-refractivity contribution is 0.0935. The van der Waals surface area contributed by atoms with E-state index in [9.17, 15) is 4.79 Å². The van der Waals surface area contributed by atoms with Gasteiger partial charge in [-0.05, 0) is 43.7 Å². The summed E-state index contributed by atoms with van der Waals surface area (Å²) in [5.41, 5.74) is 13.9. The van der Waals surface area contributed by atoms with E-state index >= 15 is 0 Å². The molecule has 0 radical (unpaired) electrons. The zero-order valence-corrected chi connectivity index (χ0v) is 14.6. The first-order valence-electron chi connectivity index (χ1n) is 8.14. The standard InChI is InChI=1S/C18H20N6O2/c1-3-24(13-7-4-6-12(2)10-13)17-15(19)16(20-11-21-17)22-23-18(25)14-8-5-9-26-14/h4-11H,3,19H2,1-2H3,(H,23,25)(H,20,21,22). The largest absolute Gasteiger partial charge is 0.459 e. The van der Waals surface area contributed by atoms with Gasteiger partial charge in [0.1, 0.15) is 12.0 Å². The van der Waals surface area contributed by atoms with Gasteiger partial charge in [-0.1, -0.05) is 12.1 Å². The van der Waals surface area contributed by atoms with Gasteiger partial charge >= 0.3 is 5.91 Å². The van der Waals surface area contributed by atoms with Crippen molar-refractivity contribution in [1.29, 1.82) is 0 Å². The Morgan fingerprint density at radius 1 is 1.27 bits per heavy atom. The summed E-state index contributed by atoms with van der Waals surface area (Å²) in [6.45, 7) is 4.70. The van der Waals surface area contributed by atoms with E-state index in [0.717, 1.165) is 11.3 Å². The first kappa shape index (κ1) is 17.3. The molecule has 26 heavy (non-hydrogen) atoms. The first-order chi connectivity index (χ1) is 12.6. The number of nitrogen functional groups attached to an aromatic ring is 1. The molecule has 0 aliphatic carbocycles. The summed E-state index contributed by atoms with van der Waals surface area (Å²) >= 11 is 0. The number of nitrogens with one attached hydrogen (secondary N) is 2. The maximum Gasteiger partial charge on any atom is 0.305 e. The molecule has 8 nitrogen and oxygen atoms in total. The maximum absolute atomic E-state index is 12.0. The second-order valence-electron chi connectivity index (χ2n) is 5.60. The summed E-state index contributed by atoms with van der Waals surface area (Å²) in [6, 6.07) is 11.2. The van der Waals surface area contributed by atoms with Crippen LogP contribution in [0.2, 0.25) is 0 Å². The van der Waals surface area contributed by atoms with Crippen LogP contribution in [0.5, 0.6) is 0 Å². The summed E-state index contributed by atoms with van der Waals surface area (Å²) in [4.78, 5) is 22.4. The van der Waals surface area contributed by atoms with E-state index in [-0.39, 0.29) is 5.76 Å². The van der Waals surface area contributed by atoms with E-state index in [0.29, 0.717) is 23.9 Å². The number of nitrogens with zero attached hydrogens (tertiary/aromatic N) is 3. The lowest BCUT2D eigenvalue weighted by Crippen LogP contribution is -2.30. The second-order valence-corrected chi connectivity index (χ2v) is 5.60. The number of nitrogens with two attached hydrogens (primary N) is 1. The minimum absolute atomic E-state index is 0.181. The fourth-order valence-corrected chi connectivity index (χ4v) is 2.54. The summed E-state index contributed by atoms with van der Waals surface area (Å²) in [5, 5.41) is 0. The van der Waals surface area contributed by atoms with Crippen LogP contribution in [0.3, 0.4) is 0 Å². The van der Waals surface area contributed by atoms with Crippen LogP contribution in [0.15, 0.2) is 53.4 Å². The zero-order valence-electron chi connectivity index (χ0n) is 14.6. The van der Waals surface area contributed by atoms with E-state index in [1.807, 2.05) is 36.9 Å². The molecule has 1 aromatic carbocycles. The van der Waals surface area contributed by atoms with Crippen LogP contribution in [0.1, 0.15) is 23.0 Å². The highest BCUT2D eigenvalue weighted by Crippen LogP contribution is 2.31. The predicted octanol–water partition coefficient (Wildman–Crippen LogP) is 2.88. The van der Waals surface area contributed by atoms with Crippen LogP contribution < -0.4 is 21.5 Å². The number of hydrogen-bond acceptors (Lipinski definition) is 7. The molecule has 0 bridgehead atoms. The first-order valence-corrected chi connectivity index (χ1v) is 8.14. The number of aryl methyl sites for hydroxylation is 1. The summed E-state index contributed by atoms with van der Waals surface area (Å²) in [5.74, 6) is 0.616. The topological polar surface area (TPSA) is 109 Å². The summed E-state index contributed by atoms with van der Waals surface area (Å²) in [6.07, 6.45) is 2.82. The molecule has 0 spiro atoms. The minimum Gasteiger partial charge on any atom is -0.459 e. The van der Waals surface area contributed by atoms with Crippen LogP contribution in [-0.4, -0.2) is 22.4 Å². The molecule has 0 saturated heterocycles. The third-order valence-electron chi connectivity index (χ3n) is 3.79. The fraction of sp³-hybridized carbons (Fsp3) is 0.167. The van der Waals surface area contributed by atoms with Crippen LogP contribution in [0.25, 0.3) is 0 Å². The molecule has 2 heterocycles. The van der Waals surface area contributed by atoms with Gasteiger partial charge in [-0.2, -0.15) is 0 Å². The van der Waals surface area contributed by atoms with Gasteiger partial charge in [0.2, 0.25) is 0 Å². The Balaban J connectivity index is 1.83. The van der Waals surface area contributed by atoms with E-state index in [1.54, 1.807) is 12.1 Å². The molecule has 0 aliphatic rings. The van der Waals surface area contributed by atoms with Gasteiger partial charge in [0.05, 0.1) is 6.26 Å². The highest BCUT2D eigenvalue weighted by Gasteiger charge is 2.16. The molecule has 0 unspecified atom stereocenters. The Bertz CT molecular complexity index is 894. The highest BCUT2D eigenvalue weighted by molar-refractivity contribution is 5.92. The van der Waals surface area contributed by atoms with Crippen molar-refractivity contribution in [3.8, 4) is 0 Å². The number of rotatable bonds is 6. The van der Waals surface area contributed by atoms with Crippen molar-refractivity contribution in [2.75, 3.05) is 22.6 Å². The number of hydrazine groups is 1. The third-order valence-corrected chi connectivity index (χ3v) is 3.79. The molecule has 2 aromatic heterocycles. The number of carbonyl (C=O) groups is 1. The van der Waals surface area contributed by atoms with Crippen molar-refractivity contribution in [2.45, 2.75) is 13.8 Å². The molecule has 134 valence electrons. The average Bonchev–Trinajstić information content (AvgIpc) is 3.17. The van der Waals surface area contributed by atoms with Gasteiger partial charge in [-0.15, -0.1) is 0 Å². The number of carbonyl (C=O) groups excluding carboxylic acids is 1. The smallest absolute Gasteiger partial charge is 0.305 e.